The zero-order valence-electron chi connectivity index (χ0n) is 11.0. The van der Waals surface area contributed by atoms with Crippen LogP contribution in [0.1, 0.15) is 0 Å². The van der Waals surface area contributed by atoms with Crippen molar-refractivity contribution in [1.29, 1.82) is 0 Å². The van der Waals surface area contributed by atoms with Crippen molar-refractivity contribution < 1.29 is 8.83 Å². The van der Waals surface area contributed by atoms with E-state index in [0.717, 1.165) is 11.0 Å². The van der Waals surface area contributed by atoms with E-state index in [2.05, 4.69) is 0 Å². The summed E-state index contributed by atoms with van der Waals surface area (Å²) in [5.41, 5.74) is 6.97. The Labute approximate surface area is 119 Å². The SMILES string of the molecule is Nc1c(-c2cc3ccccc3o2)oc2ccccc2c1=O. The summed E-state index contributed by atoms with van der Waals surface area (Å²) in [5.74, 6) is 0.728. The second-order valence-corrected chi connectivity index (χ2v) is 4.82. The maximum Gasteiger partial charge on any atom is 0.216 e. The van der Waals surface area contributed by atoms with Crippen molar-refractivity contribution >= 4 is 27.6 Å². The van der Waals surface area contributed by atoms with Gasteiger partial charge < -0.3 is 14.6 Å². The first kappa shape index (κ1) is 11.8. The molecule has 2 aromatic heterocycles. The van der Waals surface area contributed by atoms with E-state index in [-0.39, 0.29) is 16.9 Å². The van der Waals surface area contributed by atoms with Crippen molar-refractivity contribution in [3.8, 4) is 11.5 Å². The second kappa shape index (κ2) is 4.24. The maximum atomic E-state index is 12.3. The van der Waals surface area contributed by atoms with Gasteiger partial charge in [-0.25, -0.2) is 0 Å². The van der Waals surface area contributed by atoms with Gasteiger partial charge in [-0.2, -0.15) is 0 Å². The van der Waals surface area contributed by atoms with Gasteiger partial charge in [-0.1, -0.05) is 30.3 Å². The lowest BCUT2D eigenvalue weighted by Crippen LogP contribution is -2.09. The van der Waals surface area contributed by atoms with Crippen molar-refractivity contribution in [2.24, 2.45) is 0 Å². The van der Waals surface area contributed by atoms with Gasteiger partial charge in [-0.15, -0.1) is 0 Å². The number of para-hydroxylation sites is 2. The molecule has 0 aliphatic carbocycles. The molecular formula is C17H11NO3. The Balaban J connectivity index is 2.05. The van der Waals surface area contributed by atoms with E-state index in [1.165, 1.54) is 0 Å². The summed E-state index contributed by atoms with van der Waals surface area (Å²) in [5, 5.41) is 1.40. The Morgan fingerprint density at radius 3 is 2.38 bits per heavy atom. The maximum absolute atomic E-state index is 12.3. The van der Waals surface area contributed by atoms with Gasteiger partial charge in [0, 0.05) is 5.39 Å². The van der Waals surface area contributed by atoms with E-state index in [4.69, 9.17) is 14.6 Å². The van der Waals surface area contributed by atoms with Crippen LogP contribution in [0.4, 0.5) is 5.69 Å². The molecule has 2 aromatic carbocycles. The summed E-state index contributed by atoms with van der Waals surface area (Å²) >= 11 is 0. The minimum Gasteiger partial charge on any atom is -0.453 e. The number of benzene rings is 2. The van der Waals surface area contributed by atoms with Gasteiger partial charge in [-0.3, -0.25) is 4.79 Å². The molecule has 0 radical (unpaired) electrons. The zero-order valence-corrected chi connectivity index (χ0v) is 11.0. The number of fused-ring (bicyclic) bond motifs is 2. The van der Waals surface area contributed by atoms with Gasteiger partial charge in [0.1, 0.15) is 16.9 Å². The van der Waals surface area contributed by atoms with E-state index in [1.54, 1.807) is 18.2 Å². The molecule has 0 bridgehead atoms. The Morgan fingerprint density at radius 1 is 0.857 bits per heavy atom. The standard InChI is InChI=1S/C17H11NO3/c18-15-16(19)11-6-2-4-8-13(11)21-17(15)14-9-10-5-1-3-7-12(10)20-14/h1-9H,18H2. The number of furan rings is 1. The van der Waals surface area contributed by atoms with Crippen LogP contribution in [0.15, 0.2) is 68.2 Å². The molecule has 0 fully saturated rings. The number of hydrogen-bond acceptors (Lipinski definition) is 4. The molecule has 2 N–H and O–H groups in total. The first-order valence-electron chi connectivity index (χ1n) is 6.54. The molecule has 0 amide bonds. The van der Waals surface area contributed by atoms with Crippen LogP contribution < -0.4 is 11.2 Å². The van der Waals surface area contributed by atoms with Gasteiger partial charge in [-0.05, 0) is 24.3 Å². The Bertz CT molecular complexity index is 994. The van der Waals surface area contributed by atoms with Gasteiger partial charge in [0.15, 0.2) is 11.5 Å². The van der Waals surface area contributed by atoms with Crippen LogP contribution in [0.3, 0.4) is 0 Å². The summed E-state index contributed by atoms with van der Waals surface area (Å²) in [6.07, 6.45) is 0. The number of nitrogens with two attached hydrogens (primary N) is 1. The van der Waals surface area contributed by atoms with Crippen LogP contribution in [-0.4, -0.2) is 0 Å². The fraction of sp³-hybridized carbons (Fsp3) is 0. The molecule has 4 nitrogen and oxygen atoms in total. The van der Waals surface area contributed by atoms with Crippen LogP contribution in [0.25, 0.3) is 33.5 Å². The highest BCUT2D eigenvalue weighted by atomic mass is 16.4. The normalized spacial score (nSPS) is 11.2. The van der Waals surface area contributed by atoms with Crippen LogP contribution in [0, 0.1) is 0 Å². The predicted octanol–water partition coefficient (Wildman–Crippen LogP) is 3.79. The van der Waals surface area contributed by atoms with E-state index in [1.807, 2.05) is 36.4 Å². The molecule has 0 aliphatic rings. The minimum absolute atomic E-state index is 0.0627. The van der Waals surface area contributed by atoms with Gasteiger partial charge >= 0.3 is 0 Å². The molecule has 4 heteroatoms. The molecule has 0 spiro atoms. The van der Waals surface area contributed by atoms with E-state index < -0.39 is 0 Å². The lowest BCUT2D eigenvalue weighted by atomic mass is 10.1. The number of hydrogen-bond donors (Lipinski definition) is 1. The third kappa shape index (κ3) is 1.73. The van der Waals surface area contributed by atoms with Crippen LogP contribution in [0.2, 0.25) is 0 Å². The minimum atomic E-state index is -0.243. The zero-order chi connectivity index (χ0) is 14.4. The third-order valence-corrected chi connectivity index (χ3v) is 3.48. The van der Waals surface area contributed by atoms with Crippen LogP contribution in [0.5, 0.6) is 0 Å². The fourth-order valence-corrected chi connectivity index (χ4v) is 2.43. The molecule has 4 aromatic rings. The fourth-order valence-electron chi connectivity index (χ4n) is 2.43. The quantitative estimate of drug-likeness (QED) is 0.574. The highest BCUT2D eigenvalue weighted by molar-refractivity contribution is 5.87. The Hall–Kier alpha value is -3.01. The lowest BCUT2D eigenvalue weighted by Gasteiger charge is -2.03. The molecule has 2 heterocycles. The number of nitrogen functional groups attached to an aromatic ring is 1. The number of rotatable bonds is 1. The Morgan fingerprint density at radius 2 is 1.57 bits per heavy atom. The first-order valence-corrected chi connectivity index (χ1v) is 6.54. The van der Waals surface area contributed by atoms with Gasteiger partial charge in [0.25, 0.3) is 0 Å². The predicted molar refractivity (Wildman–Crippen MR) is 82.1 cm³/mol. The molecule has 0 saturated carbocycles. The highest BCUT2D eigenvalue weighted by Gasteiger charge is 2.16. The molecule has 0 saturated heterocycles. The number of anilines is 1. The van der Waals surface area contributed by atoms with Gasteiger partial charge in [0.2, 0.25) is 5.43 Å². The van der Waals surface area contributed by atoms with E-state index in [0.29, 0.717) is 16.7 Å². The Kier molecular flexibility index (Phi) is 2.38. The van der Waals surface area contributed by atoms with Crippen molar-refractivity contribution in [2.45, 2.75) is 0 Å². The molecular weight excluding hydrogens is 266 g/mol. The highest BCUT2D eigenvalue weighted by Crippen LogP contribution is 2.32. The average Bonchev–Trinajstić information content (AvgIpc) is 2.94. The third-order valence-electron chi connectivity index (χ3n) is 3.48. The van der Waals surface area contributed by atoms with Crippen molar-refractivity contribution in [3.05, 3.63) is 64.8 Å². The largest absolute Gasteiger partial charge is 0.453 e. The first-order chi connectivity index (χ1) is 10.2. The smallest absolute Gasteiger partial charge is 0.216 e. The van der Waals surface area contributed by atoms with E-state index in [9.17, 15) is 4.79 Å². The van der Waals surface area contributed by atoms with Gasteiger partial charge in [0.05, 0.1) is 5.39 Å². The summed E-state index contributed by atoms with van der Waals surface area (Å²) in [4.78, 5) is 12.3. The summed E-state index contributed by atoms with van der Waals surface area (Å²) in [6.45, 7) is 0. The van der Waals surface area contributed by atoms with Crippen LogP contribution >= 0.6 is 0 Å². The van der Waals surface area contributed by atoms with Crippen LogP contribution in [-0.2, 0) is 0 Å². The lowest BCUT2D eigenvalue weighted by molar-refractivity contribution is 0.564. The molecule has 21 heavy (non-hydrogen) atoms. The summed E-state index contributed by atoms with van der Waals surface area (Å²) in [7, 11) is 0. The molecule has 0 atom stereocenters. The summed E-state index contributed by atoms with van der Waals surface area (Å²) in [6, 6.07) is 16.4. The summed E-state index contributed by atoms with van der Waals surface area (Å²) < 4.78 is 11.5. The monoisotopic (exact) mass is 277 g/mol. The second-order valence-electron chi connectivity index (χ2n) is 4.82. The average molecular weight is 277 g/mol. The van der Waals surface area contributed by atoms with E-state index >= 15 is 0 Å². The van der Waals surface area contributed by atoms with Crippen molar-refractivity contribution in [1.82, 2.24) is 0 Å². The molecule has 4 rings (SSSR count). The van der Waals surface area contributed by atoms with Crippen molar-refractivity contribution in [3.63, 3.8) is 0 Å². The topological polar surface area (TPSA) is 69.4 Å². The molecule has 0 unspecified atom stereocenters. The van der Waals surface area contributed by atoms with Crippen molar-refractivity contribution in [2.75, 3.05) is 5.73 Å². The molecule has 102 valence electrons. The molecule has 0 aliphatic heterocycles.